The highest BCUT2D eigenvalue weighted by Crippen LogP contribution is 2.21. The van der Waals surface area contributed by atoms with Gasteiger partial charge >= 0.3 is 0 Å². The second-order valence-electron chi connectivity index (χ2n) is 4.69. The van der Waals surface area contributed by atoms with Gasteiger partial charge in [-0.05, 0) is 36.8 Å². The molecule has 2 aromatic rings. The van der Waals surface area contributed by atoms with Crippen LogP contribution in [0.5, 0.6) is 0 Å². The topological polar surface area (TPSA) is 86.2 Å². The lowest BCUT2D eigenvalue weighted by Crippen LogP contribution is -2.12. The van der Waals surface area contributed by atoms with E-state index in [0.29, 0.717) is 10.6 Å². The molecule has 0 aliphatic heterocycles. The van der Waals surface area contributed by atoms with Crippen LogP contribution in [0.2, 0.25) is 0 Å². The van der Waals surface area contributed by atoms with Gasteiger partial charge in [0.25, 0.3) is 0 Å². The summed E-state index contributed by atoms with van der Waals surface area (Å²) in [5.74, 6) is -1.29. The van der Waals surface area contributed by atoms with E-state index in [0.717, 1.165) is 11.6 Å². The third-order valence-electron chi connectivity index (χ3n) is 3.08. The maximum Gasteiger partial charge on any atom is 0.248 e. The average molecular weight is 306 g/mol. The van der Waals surface area contributed by atoms with Gasteiger partial charge in [-0.25, -0.2) is 4.39 Å². The predicted octanol–water partition coefficient (Wildman–Crippen LogP) is 2.12. The van der Waals surface area contributed by atoms with E-state index < -0.39 is 22.5 Å². The van der Waals surface area contributed by atoms with E-state index >= 15 is 0 Å². The summed E-state index contributed by atoms with van der Waals surface area (Å²) in [5.41, 5.74) is 12.5. The van der Waals surface area contributed by atoms with Gasteiger partial charge in [0, 0.05) is 21.7 Å². The number of primary amides is 1. The molecular weight excluding hydrogens is 291 g/mol. The first kappa shape index (κ1) is 15.2. The molecule has 0 aromatic heterocycles. The third-order valence-corrected chi connectivity index (χ3v) is 4.59. The predicted molar refractivity (Wildman–Crippen MR) is 80.6 cm³/mol. The number of nitrogens with two attached hydrogens (primary N) is 2. The number of hydrogen-bond acceptors (Lipinski definition) is 3. The van der Waals surface area contributed by atoms with Gasteiger partial charge in [0.2, 0.25) is 5.91 Å². The second-order valence-corrected chi connectivity index (χ2v) is 6.10. The van der Waals surface area contributed by atoms with Gasteiger partial charge in [-0.2, -0.15) is 0 Å². The Balaban J connectivity index is 2.27. The normalized spacial score (nSPS) is 12.1. The fourth-order valence-electron chi connectivity index (χ4n) is 1.90. The van der Waals surface area contributed by atoms with Crippen molar-refractivity contribution in [2.45, 2.75) is 17.6 Å². The van der Waals surface area contributed by atoms with Gasteiger partial charge < -0.3 is 11.5 Å². The van der Waals surface area contributed by atoms with E-state index in [2.05, 4.69) is 0 Å². The number of benzene rings is 2. The lowest BCUT2D eigenvalue weighted by atomic mass is 10.1. The number of amides is 1. The molecule has 0 saturated carbocycles. The second kappa shape index (κ2) is 6.05. The van der Waals surface area contributed by atoms with Crippen molar-refractivity contribution >= 4 is 22.4 Å². The van der Waals surface area contributed by atoms with Crippen molar-refractivity contribution in [1.29, 1.82) is 0 Å². The van der Waals surface area contributed by atoms with Crippen LogP contribution in [0.15, 0.2) is 41.3 Å². The zero-order valence-electron chi connectivity index (χ0n) is 11.4. The van der Waals surface area contributed by atoms with Crippen LogP contribution in [-0.4, -0.2) is 10.1 Å². The number of carbonyl (C=O) groups is 1. The Bertz CT molecular complexity index is 732. The van der Waals surface area contributed by atoms with Crippen molar-refractivity contribution in [2.24, 2.45) is 5.73 Å². The molecule has 1 unspecified atom stereocenters. The third kappa shape index (κ3) is 3.46. The monoisotopic (exact) mass is 306 g/mol. The van der Waals surface area contributed by atoms with Gasteiger partial charge in [-0.3, -0.25) is 9.00 Å². The molecule has 0 fully saturated rings. The lowest BCUT2D eigenvalue weighted by Gasteiger charge is -2.08. The molecule has 110 valence electrons. The molecule has 6 heteroatoms. The molecule has 4 N–H and O–H groups in total. The van der Waals surface area contributed by atoms with Crippen molar-refractivity contribution in [2.75, 3.05) is 5.73 Å². The van der Waals surface area contributed by atoms with Gasteiger partial charge in [0.1, 0.15) is 5.82 Å². The SMILES string of the molecule is Cc1ccc(N)cc1S(=O)Cc1ccc(C(N)=O)cc1F. The smallest absolute Gasteiger partial charge is 0.248 e. The number of aryl methyl sites for hydroxylation is 1. The molecule has 2 aromatic carbocycles. The van der Waals surface area contributed by atoms with Gasteiger partial charge in [0.15, 0.2) is 0 Å². The molecule has 0 aliphatic rings. The first-order valence-electron chi connectivity index (χ1n) is 6.21. The zero-order valence-corrected chi connectivity index (χ0v) is 12.2. The molecule has 0 bridgehead atoms. The number of halogens is 1. The lowest BCUT2D eigenvalue weighted by molar-refractivity contribution is 0.1000. The Kier molecular flexibility index (Phi) is 4.37. The van der Waals surface area contributed by atoms with Crippen LogP contribution >= 0.6 is 0 Å². The van der Waals surface area contributed by atoms with Crippen molar-refractivity contribution in [1.82, 2.24) is 0 Å². The first-order chi connectivity index (χ1) is 9.88. The molecule has 21 heavy (non-hydrogen) atoms. The maximum atomic E-state index is 13.9. The number of nitrogen functional groups attached to an aromatic ring is 1. The molecule has 4 nitrogen and oxygen atoms in total. The van der Waals surface area contributed by atoms with Crippen LogP contribution in [0.25, 0.3) is 0 Å². The maximum absolute atomic E-state index is 13.9. The van der Waals surface area contributed by atoms with E-state index in [1.54, 1.807) is 18.2 Å². The molecule has 0 aliphatic carbocycles. The summed E-state index contributed by atoms with van der Waals surface area (Å²) in [7, 11) is -1.42. The summed E-state index contributed by atoms with van der Waals surface area (Å²) in [6, 6.07) is 9.02. The quantitative estimate of drug-likeness (QED) is 0.848. The molecule has 0 radical (unpaired) electrons. The summed E-state index contributed by atoms with van der Waals surface area (Å²) in [4.78, 5) is 11.5. The van der Waals surface area contributed by atoms with Crippen molar-refractivity contribution < 1.29 is 13.4 Å². The van der Waals surface area contributed by atoms with E-state index in [1.807, 2.05) is 6.92 Å². The van der Waals surface area contributed by atoms with E-state index in [1.165, 1.54) is 12.1 Å². The van der Waals surface area contributed by atoms with Crippen LogP contribution in [0.1, 0.15) is 21.5 Å². The van der Waals surface area contributed by atoms with Gasteiger partial charge in [0.05, 0.1) is 16.6 Å². The number of rotatable bonds is 4. The Morgan fingerprint density at radius 3 is 2.57 bits per heavy atom. The fourth-order valence-corrected chi connectivity index (χ4v) is 3.27. The molecule has 0 saturated heterocycles. The Morgan fingerprint density at radius 2 is 1.95 bits per heavy atom. The van der Waals surface area contributed by atoms with Crippen molar-refractivity contribution in [3.05, 3.63) is 58.9 Å². The van der Waals surface area contributed by atoms with Crippen LogP contribution < -0.4 is 11.5 Å². The molecule has 1 atom stereocenters. The van der Waals surface area contributed by atoms with Crippen LogP contribution in [0.3, 0.4) is 0 Å². The largest absolute Gasteiger partial charge is 0.399 e. The van der Waals surface area contributed by atoms with Crippen LogP contribution in [0, 0.1) is 12.7 Å². The summed E-state index contributed by atoms with van der Waals surface area (Å²) < 4.78 is 26.3. The van der Waals surface area contributed by atoms with Crippen LogP contribution in [-0.2, 0) is 16.6 Å². The average Bonchev–Trinajstić information content (AvgIpc) is 2.43. The minimum absolute atomic E-state index is 0.00910. The molecule has 2 rings (SSSR count). The van der Waals surface area contributed by atoms with Crippen molar-refractivity contribution in [3.63, 3.8) is 0 Å². The zero-order chi connectivity index (χ0) is 15.6. The number of carbonyl (C=O) groups excluding carboxylic acids is 1. The van der Waals surface area contributed by atoms with Gasteiger partial charge in [-0.15, -0.1) is 0 Å². The van der Waals surface area contributed by atoms with E-state index in [9.17, 15) is 13.4 Å². The minimum atomic E-state index is -1.42. The highest BCUT2D eigenvalue weighted by Gasteiger charge is 2.13. The summed E-state index contributed by atoms with van der Waals surface area (Å²) in [6.45, 7) is 1.82. The fraction of sp³-hybridized carbons (Fsp3) is 0.133. The summed E-state index contributed by atoms with van der Waals surface area (Å²) in [5, 5.41) is 0. The first-order valence-corrected chi connectivity index (χ1v) is 7.53. The summed E-state index contributed by atoms with van der Waals surface area (Å²) in [6.07, 6.45) is 0. The molecular formula is C15H15FN2O2S. The number of anilines is 1. The number of hydrogen-bond donors (Lipinski definition) is 2. The highest BCUT2D eigenvalue weighted by molar-refractivity contribution is 7.84. The highest BCUT2D eigenvalue weighted by atomic mass is 32.2. The Hall–Kier alpha value is -2.21. The Morgan fingerprint density at radius 1 is 1.24 bits per heavy atom. The molecule has 0 heterocycles. The van der Waals surface area contributed by atoms with E-state index in [-0.39, 0.29) is 16.9 Å². The summed E-state index contributed by atoms with van der Waals surface area (Å²) >= 11 is 0. The van der Waals surface area contributed by atoms with E-state index in [4.69, 9.17) is 11.5 Å². The van der Waals surface area contributed by atoms with Gasteiger partial charge in [-0.1, -0.05) is 12.1 Å². The van der Waals surface area contributed by atoms with Crippen LogP contribution in [0.4, 0.5) is 10.1 Å². The minimum Gasteiger partial charge on any atom is -0.399 e. The molecule has 1 amide bonds. The molecule has 0 spiro atoms. The van der Waals surface area contributed by atoms with Crippen molar-refractivity contribution in [3.8, 4) is 0 Å². The standard InChI is InChI=1S/C15H15FN2O2S/c1-9-2-5-12(17)7-14(9)21(20)8-11-4-3-10(15(18)19)6-13(11)16/h2-7H,8,17H2,1H3,(H2,18,19). The Labute approximate surface area is 124 Å².